The summed E-state index contributed by atoms with van der Waals surface area (Å²) < 4.78 is 5.46. The van der Waals surface area contributed by atoms with Crippen molar-refractivity contribution >= 4 is 16.5 Å². The summed E-state index contributed by atoms with van der Waals surface area (Å²) in [5.74, 6) is 1.04. The van der Waals surface area contributed by atoms with Crippen molar-refractivity contribution in [2.24, 2.45) is 0 Å². The van der Waals surface area contributed by atoms with Crippen LogP contribution in [0.5, 0.6) is 0 Å². The van der Waals surface area contributed by atoms with Gasteiger partial charge in [-0.3, -0.25) is 4.90 Å². The molecule has 0 unspecified atom stereocenters. The van der Waals surface area contributed by atoms with Crippen molar-refractivity contribution in [2.45, 2.75) is 38.9 Å². The molecule has 0 saturated heterocycles. The molecule has 19 heavy (non-hydrogen) atoms. The Hall–Kier alpha value is -1.33. The zero-order chi connectivity index (χ0) is 13.1. The first-order valence-corrected chi connectivity index (χ1v) is 7.62. The number of furan rings is 1. The van der Waals surface area contributed by atoms with E-state index in [0.717, 1.165) is 36.6 Å². The lowest BCUT2D eigenvalue weighted by Crippen LogP contribution is -2.24. The summed E-state index contributed by atoms with van der Waals surface area (Å²) >= 11 is 1.75. The minimum absolute atomic E-state index is 0.717. The number of hydrogen-bond donors (Lipinski definition) is 1. The molecule has 0 spiro atoms. The molecular weight excluding hydrogens is 258 g/mol. The minimum atomic E-state index is 0.717. The van der Waals surface area contributed by atoms with Crippen molar-refractivity contribution in [3.8, 4) is 0 Å². The van der Waals surface area contributed by atoms with Crippen LogP contribution in [0.25, 0.3) is 0 Å². The lowest BCUT2D eigenvalue weighted by molar-refractivity contribution is 0.227. The fourth-order valence-corrected chi connectivity index (χ4v) is 3.08. The van der Waals surface area contributed by atoms with E-state index in [4.69, 9.17) is 4.42 Å². The number of anilines is 1. The van der Waals surface area contributed by atoms with Gasteiger partial charge in [0.15, 0.2) is 5.13 Å². The van der Waals surface area contributed by atoms with E-state index >= 15 is 0 Å². The molecule has 1 N–H and O–H groups in total. The standard InChI is InChI=1S/C14H19N3OS/c1-2-15-14-16-8-13(19-14)10-17(11-5-6-11)9-12-4-3-7-18-12/h3-4,7-8,11H,2,5-6,9-10H2,1H3,(H,15,16). The monoisotopic (exact) mass is 277 g/mol. The largest absolute Gasteiger partial charge is 0.468 e. The Labute approximate surface area is 117 Å². The molecule has 0 amide bonds. The van der Waals surface area contributed by atoms with Crippen molar-refractivity contribution in [3.63, 3.8) is 0 Å². The first-order chi connectivity index (χ1) is 9.35. The molecule has 4 nitrogen and oxygen atoms in total. The van der Waals surface area contributed by atoms with Gasteiger partial charge in [0.2, 0.25) is 0 Å². The number of aromatic nitrogens is 1. The fraction of sp³-hybridized carbons (Fsp3) is 0.500. The highest BCUT2D eigenvalue weighted by Crippen LogP contribution is 2.31. The molecule has 1 fully saturated rings. The van der Waals surface area contributed by atoms with Gasteiger partial charge in [0.25, 0.3) is 0 Å². The number of rotatable bonds is 7. The molecule has 1 aliphatic carbocycles. The maximum atomic E-state index is 5.46. The lowest BCUT2D eigenvalue weighted by Gasteiger charge is -2.19. The van der Waals surface area contributed by atoms with Crippen LogP contribution in [0.15, 0.2) is 29.0 Å². The molecule has 0 atom stereocenters. The van der Waals surface area contributed by atoms with Crippen LogP contribution in [0, 0.1) is 0 Å². The van der Waals surface area contributed by atoms with Gasteiger partial charge in [-0.25, -0.2) is 4.98 Å². The van der Waals surface area contributed by atoms with E-state index in [0.29, 0.717) is 0 Å². The molecule has 0 aromatic carbocycles. The summed E-state index contributed by atoms with van der Waals surface area (Å²) in [6, 6.07) is 4.72. The van der Waals surface area contributed by atoms with Gasteiger partial charge in [-0.15, -0.1) is 11.3 Å². The SMILES string of the molecule is CCNc1ncc(CN(Cc2ccco2)C2CC2)s1. The molecular formula is C14H19N3OS. The zero-order valence-corrected chi connectivity index (χ0v) is 11.9. The Morgan fingerprint density at radius 3 is 3.05 bits per heavy atom. The van der Waals surface area contributed by atoms with Crippen LogP contribution in [-0.2, 0) is 13.1 Å². The summed E-state index contributed by atoms with van der Waals surface area (Å²) in [6.45, 7) is 4.88. The summed E-state index contributed by atoms with van der Waals surface area (Å²) in [5, 5.41) is 4.28. The third-order valence-electron chi connectivity index (χ3n) is 3.24. The second-order valence-corrected chi connectivity index (χ2v) is 5.99. The molecule has 2 aromatic rings. The van der Waals surface area contributed by atoms with Gasteiger partial charge in [0.05, 0.1) is 12.8 Å². The van der Waals surface area contributed by atoms with Gasteiger partial charge in [-0.05, 0) is 31.9 Å². The average molecular weight is 277 g/mol. The normalized spacial score (nSPS) is 15.1. The molecule has 0 bridgehead atoms. The van der Waals surface area contributed by atoms with E-state index in [2.05, 4.69) is 22.1 Å². The van der Waals surface area contributed by atoms with E-state index in [1.54, 1.807) is 17.6 Å². The highest BCUT2D eigenvalue weighted by atomic mass is 32.1. The van der Waals surface area contributed by atoms with Crippen molar-refractivity contribution in [2.75, 3.05) is 11.9 Å². The maximum Gasteiger partial charge on any atom is 0.182 e. The molecule has 0 radical (unpaired) electrons. The molecule has 2 heterocycles. The fourth-order valence-electron chi connectivity index (χ4n) is 2.17. The van der Waals surface area contributed by atoms with Crippen LogP contribution in [0.4, 0.5) is 5.13 Å². The molecule has 2 aromatic heterocycles. The first-order valence-electron chi connectivity index (χ1n) is 6.80. The molecule has 1 aliphatic rings. The Bertz CT molecular complexity index is 505. The number of thiazole rings is 1. The number of nitrogens with one attached hydrogen (secondary N) is 1. The van der Waals surface area contributed by atoms with E-state index < -0.39 is 0 Å². The van der Waals surface area contributed by atoms with E-state index in [9.17, 15) is 0 Å². The zero-order valence-electron chi connectivity index (χ0n) is 11.1. The van der Waals surface area contributed by atoms with Crippen LogP contribution in [0.3, 0.4) is 0 Å². The van der Waals surface area contributed by atoms with E-state index in [1.807, 2.05) is 18.3 Å². The van der Waals surface area contributed by atoms with Crippen molar-refractivity contribution in [1.82, 2.24) is 9.88 Å². The second kappa shape index (κ2) is 5.75. The molecule has 1 saturated carbocycles. The predicted molar refractivity (Wildman–Crippen MR) is 77.3 cm³/mol. The summed E-state index contributed by atoms with van der Waals surface area (Å²) in [4.78, 5) is 8.20. The molecule has 5 heteroatoms. The van der Waals surface area contributed by atoms with Gasteiger partial charge >= 0.3 is 0 Å². The number of hydrogen-bond acceptors (Lipinski definition) is 5. The molecule has 102 valence electrons. The maximum absolute atomic E-state index is 5.46. The Kier molecular flexibility index (Phi) is 3.84. The Morgan fingerprint density at radius 2 is 2.37 bits per heavy atom. The van der Waals surface area contributed by atoms with Crippen LogP contribution in [-0.4, -0.2) is 22.5 Å². The van der Waals surface area contributed by atoms with Crippen molar-refractivity contribution in [3.05, 3.63) is 35.2 Å². The van der Waals surface area contributed by atoms with E-state index in [-0.39, 0.29) is 0 Å². The summed E-state index contributed by atoms with van der Waals surface area (Å²) in [7, 11) is 0. The Morgan fingerprint density at radius 1 is 1.47 bits per heavy atom. The van der Waals surface area contributed by atoms with Crippen molar-refractivity contribution < 1.29 is 4.42 Å². The highest BCUT2D eigenvalue weighted by Gasteiger charge is 2.29. The van der Waals surface area contributed by atoms with Gasteiger partial charge < -0.3 is 9.73 Å². The highest BCUT2D eigenvalue weighted by molar-refractivity contribution is 7.15. The summed E-state index contributed by atoms with van der Waals surface area (Å²) in [6.07, 6.45) is 6.34. The second-order valence-electron chi connectivity index (χ2n) is 4.88. The molecule has 0 aliphatic heterocycles. The van der Waals surface area contributed by atoms with Gasteiger partial charge in [0.1, 0.15) is 5.76 Å². The van der Waals surface area contributed by atoms with Gasteiger partial charge in [-0.1, -0.05) is 0 Å². The Balaban J connectivity index is 1.63. The van der Waals surface area contributed by atoms with Crippen molar-refractivity contribution in [1.29, 1.82) is 0 Å². The van der Waals surface area contributed by atoms with E-state index in [1.165, 1.54) is 17.7 Å². The average Bonchev–Trinajstić information content (AvgIpc) is 2.95. The third kappa shape index (κ3) is 3.36. The van der Waals surface area contributed by atoms with Crippen LogP contribution < -0.4 is 5.32 Å². The van der Waals surface area contributed by atoms with Gasteiger partial charge in [-0.2, -0.15) is 0 Å². The van der Waals surface area contributed by atoms with Crippen LogP contribution in [0.1, 0.15) is 30.4 Å². The minimum Gasteiger partial charge on any atom is -0.468 e. The lowest BCUT2D eigenvalue weighted by atomic mass is 10.3. The van der Waals surface area contributed by atoms with Gasteiger partial charge in [0, 0.05) is 30.2 Å². The quantitative estimate of drug-likeness (QED) is 0.843. The predicted octanol–water partition coefficient (Wildman–Crippen LogP) is 3.33. The topological polar surface area (TPSA) is 41.3 Å². The first kappa shape index (κ1) is 12.7. The van der Waals surface area contributed by atoms with Crippen LogP contribution in [0.2, 0.25) is 0 Å². The smallest absolute Gasteiger partial charge is 0.182 e. The summed E-state index contributed by atoms with van der Waals surface area (Å²) in [5.41, 5.74) is 0. The third-order valence-corrected chi connectivity index (χ3v) is 4.18. The number of nitrogens with zero attached hydrogens (tertiary/aromatic N) is 2. The van der Waals surface area contributed by atoms with Crippen LogP contribution >= 0.6 is 11.3 Å². The molecule has 3 rings (SSSR count).